The highest BCUT2D eigenvalue weighted by atomic mass is 32.2. The van der Waals surface area contributed by atoms with E-state index in [0.717, 1.165) is 58.0 Å². The molecular weight excluding hydrogens is 252 g/mol. The largest absolute Gasteiger partial charge is 0.342 e. The molecule has 0 aromatic rings. The van der Waals surface area contributed by atoms with Gasteiger partial charge in [-0.15, -0.1) is 0 Å². The molecule has 0 spiro atoms. The molecule has 1 aliphatic heterocycles. The molecule has 6 heteroatoms. The van der Waals surface area contributed by atoms with Crippen LogP contribution in [0.2, 0.25) is 0 Å². The van der Waals surface area contributed by atoms with Crippen molar-refractivity contribution in [1.82, 2.24) is 9.62 Å². The molecule has 2 fully saturated rings. The number of piperidine rings is 1. The molecule has 0 aromatic carbocycles. The van der Waals surface area contributed by atoms with Crippen molar-refractivity contribution in [3.8, 4) is 0 Å². The average Bonchev–Trinajstić information content (AvgIpc) is 2.92. The van der Waals surface area contributed by atoms with E-state index in [1.165, 1.54) is 0 Å². The van der Waals surface area contributed by atoms with Crippen molar-refractivity contribution in [2.45, 2.75) is 50.2 Å². The number of carbonyl (C=O) groups excluding carboxylic acids is 1. The fraction of sp³-hybridized carbons (Fsp3) is 0.917. The lowest BCUT2D eigenvalue weighted by Crippen LogP contribution is -2.44. The van der Waals surface area contributed by atoms with Crippen molar-refractivity contribution in [2.75, 3.05) is 19.6 Å². The zero-order valence-corrected chi connectivity index (χ0v) is 11.5. The minimum atomic E-state index is -3.29. The second-order valence-corrected chi connectivity index (χ2v) is 7.26. The van der Waals surface area contributed by atoms with E-state index in [-0.39, 0.29) is 17.7 Å². The summed E-state index contributed by atoms with van der Waals surface area (Å²) >= 11 is 0. The Morgan fingerprint density at radius 1 is 1.06 bits per heavy atom. The highest BCUT2D eigenvalue weighted by molar-refractivity contribution is 7.90. The first-order valence-electron chi connectivity index (χ1n) is 6.86. The predicted octanol–water partition coefficient (Wildman–Crippen LogP) is 0.861. The third-order valence-corrected chi connectivity index (χ3v) is 5.77. The van der Waals surface area contributed by atoms with Crippen LogP contribution in [0, 0.1) is 0 Å². The summed E-state index contributed by atoms with van der Waals surface area (Å²) in [7, 11) is -3.29. The van der Waals surface area contributed by atoms with Crippen molar-refractivity contribution >= 4 is 15.9 Å². The normalized spacial score (nSPS) is 22.3. The number of nitrogens with one attached hydrogen (secondary N) is 1. The van der Waals surface area contributed by atoms with Crippen molar-refractivity contribution in [2.24, 2.45) is 0 Å². The molecule has 0 atom stereocenters. The summed E-state index contributed by atoms with van der Waals surface area (Å²) in [6.07, 6.45) is 6.64. The van der Waals surface area contributed by atoms with Gasteiger partial charge < -0.3 is 4.90 Å². The standard InChI is InChI=1S/C12H22N2O3S/c15-12(14-8-4-1-5-9-14)10-13-18(16,17)11-6-2-3-7-11/h11,13H,1-10H2. The van der Waals surface area contributed by atoms with Gasteiger partial charge in [0.1, 0.15) is 0 Å². The quantitative estimate of drug-likeness (QED) is 0.827. The average molecular weight is 274 g/mol. The molecule has 1 saturated heterocycles. The minimum Gasteiger partial charge on any atom is -0.342 e. The van der Waals surface area contributed by atoms with Crippen LogP contribution < -0.4 is 4.72 Å². The van der Waals surface area contributed by atoms with Gasteiger partial charge in [0.05, 0.1) is 11.8 Å². The van der Waals surface area contributed by atoms with Crippen LogP contribution in [-0.2, 0) is 14.8 Å². The summed E-state index contributed by atoms with van der Waals surface area (Å²) < 4.78 is 26.4. The van der Waals surface area contributed by atoms with Crippen LogP contribution in [0.4, 0.5) is 0 Å². The lowest BCUT2D eigenvalue weighted by atomic mass is 10.1. The van der Waals surface area contributed by atoms with Gasteiger partial charge in [-0.05, 0) is 32.1 Å². The summed E-state index contributed by atoms with van der Waals surface area (Å²) in [6.45, 7) is 1.47. The Kier molecular flexibility index (Phi) is 4.61. The highest BCUT2D eigenvalue weighted by Crippen LogP contribution is 2.23. The number of hydrogen-bond acceptors (Lipinski definition) is 3. The molecule has 2 aliphatic rings. The second kappa shape index (κ2) is 6.02. The fourth-order valence-electron chi connectivity index (χ4n) is 2.73. The zero-order chi connectivity index (χ0) is 13.0. The third-order valence-electron chi connectivity index (χ3n) is 3.87. The van der Waals surface area contributed by atoms with Crippen LogP contribution in [0.25, 0.3) is 0 Å². The van der Waals surface area contributed by atoms with Crippen LogP contribution >= 0.6 is 0 Å². The van der Waals surface area contributed by atoms with Crippen LogP contribution in [0.5, 0.6) is 0 Å². The number of amides is 1. The molecule has 18 heavy (non-hydrogen) atoms. The van der Waals surface area contributed by atoms with E-state index in [2.05, 4.69) is 4.72 Å². The highest BCUT2D eigenvalue weighted by Gasteiger charge is 2.29. The summed E-state index contributed by atoms with van der Waals surface area (Å²) in [5.41, 5.74) is 0. The van der Waals surface area contributed by atoms with Gasteiger partial charge in [-0.1, -0.05) is 12.8 Å². The first-order valence-corrected chi connectivity index (χ1v) is 8.40. The lowest BCUT2D eigenvalue weighted by molar-refractivity contribution is -0.130. The third kappa shape index (κ3) is 3.45. The van der Waals surface area contributed by atoms with Gasteiger partial charge in [0.25, 0.3) is 0 Å². The second-order valence-electron chi connectivity index (χ2n) is 5.21. The van der Waals surface area contributed by atoms with E-state index >= 15 is 0 Å². The molecule has 1 amide bonds. The monoisotopic (exact) mass is 274 g/mol. The molecule has 1 N–H and O–H groups in total. The van der Waals surface area contributed by atoms with Gasteiger partial charge in [-0.2, -0.15) is 0 Å². The lowest BCUT2D eigenvalue weighted by Gasteiger charge is -2.27. The Bertz CT molecular complexity index is 382. The van der Waals surface area contributed by atoms with E-state index < -0.39 is 10.0 Å². The van der Waals surface area contributed by atoms with Crippen molar-refractivity contribution < 1.29 is 13.2 Å². The van der Waals surface area contributed by atoms with E-state index in [4.69, 9.17) is 0 Å². The summed E-state index contributed by atoms with van der Waals surface area (Å²) in [4.78, 5) is 13.6. The number of sulfonamides is 1. The number of rotatable bonds is 4. The summed E-state index contributed by atoms with van der Waals surface area (Å²) in [6, 6.07) is 0. The molecule has 0 bridgehead atoms. The summed E-state index contributed by atoms with van der Waals surface area (Å²) in [5.74, 6) is -0.0868. The number of carbonyl (C=O) groups is 1. The van der Waals surface area contributed by atoms with Crippen LogP contribution in [0.1, 0.15) is 44.9 Å². The van der Waals surface area contributed by atoms with E-state index in [9.17, 15) is 13.2 Å². The number of hydrogen-bond donors (Lipinski definition) is 1. The maximum Gasteiger partial charge on any atom is 0.237 e. The number of nitrogens with zero attached hydrogens (tertiary/aromatic N) is 1. The van der Waals surface area contributed by atoms with E-state index in [0.29, 0.717) is 0 Å². The van der Waals surface area contributed by atoms with Crippen LogP contribution in [-0.4, -0.2) is 44.1 Å². The van der Waals surface area contributed by atoms with E-state index in [1.807, 2.05) is 0 Å². The molecular formula is C12H22N2O3S. The van der Waals surface area contributed by atoms with Crippen LogP contribution in [0.3, 0.4) is 0 Å². The summed E-state index contributed by atoms with van der Waals surface area (Å²) in [5, 5.41) is -0.286. The fourth-order valence-corrected chi connectivity index (χ4v) is 4.25. The van der Waals surface area contributed by atoms with Crippen molar-refractivity contribution in [3.05, 3.63) is 0 Å². The molecule has 2 rings (SSSR count). The van der Waals surface area contributed by atoms with Crippen molar-refractivity contribution in [1.29, 1.82) is 0 Å². The Balaban J connectivity index is 1.81. The Morgan fingerprint density at radius 3 is 2.28 bits per heavy atom. The van der Waals surface area contributed by atoms with Gasteiger partial charge >= 0.3 is 0 Å². The Labute approximate surface area is 109 Å². The first-order chi connectivity index (χ1) is 8.59. The minimum absolute atomic E-state index is 0.0706. The van der Waals surface area contributed by atoms with E-state index in [1.54, 1.807) is 4.90 Å². The zero-order valence-electron chi connectivity index (χ0n) is 10.7. The molecule has 104 valence electrons. The van der Waals surface area contributed by atoms with Gasteiger partial charge in [0.15, 0.2) is 0 Å². The predicted molar refractivity (Wildman–Crippen MR) is 69.6 cm³/mol. The van der Waals surface area contributed by atoms with Gasteiger partial charge in [0, 0.05) is 13.1 Å². The maximum absolute atomic E-state index is 11.9. The maximum atomic E-state index is 11.9. The van der Waals surface area contributed by atoms with Gasteiger partial charge in [-0.25, -0.2) is 13.1 Å². The van der Waals surface area contributed by atoms with Crippen molar-refractivity contribution in [3.63, 3.8) is 0 Å². The molecule has 5 nitrogen and oxygen atoms in total. The smallest absolute Gasteiger partial charge is 0.237 e. The molecule has 1 saturated carbocycles. The molecule has 1 aliphatic carbocycles. The van der Waals surface area contributed by atoms with Crippen LogP contribution in [0.15, 0.2) is 0 Å². The molecule has 1 heterocycles. The topological polar surface area (TPSA) is 66.5 Å². The molecule has 0 radical (unpaired) electrons. The molecule has 0 aromatic heterocycles. The van der Waals surface area contributed by atoms with Gasteiger partial charge in [0.2, 0.25) is 15.9 Å². The SMILES string of the molecule is O=C(CNS(=O)(=O)C1CCCC1)N1CCCCC1. The first kappa shape index (κ1) is 13.8. The molecule has 0 unspecified atom stereocenters. The van der Waals surface area contributed by atoms with Gasteiger partial charge in [-0.3, -0.25) is 4.79 Å². The Morgan fingerprint density at radius 2 is 1.67 bits per heavy atom. The Hall–Kier alpha value is -0.620. The number of likely N-dealkylation sites (tertiary alicyclic amines) is 1.